The monoisotopic (exact) mass is 175 g/mol. The fourth-order valence-electron chi connectivity index (χ4n) is 1.40. The van der Waals surface area contributed by atoms with Crippen molar-refractivity contribution in [2.45, 2.75) is 26.2 Å². The SMILES string of the molecule is CC(C)(C)c1ccnc2ccnn12. The lowest BCUT2D eigenvalue weighted by Gasteiger charge is -2.19. The Morgan fingerprint density at radius 1 is 1.15 bits per heavy atom. The van der Waals surface area contributed by atoms with E-state index in [0.717, 1.165) is 5.65 Å². The van der Waals surface area contributed by atoms with Gasteiger partial charge in [-0.3, -0.25) is 0 Å². The molecule has 0 radical (unpaired) electrons. The van der Waals surface area contributed by atoms with Crippen molar-refractivity contribution in [3.8, 4) is 0 Å². The van der Waals surface area contributed by atoms with E-state index in [-0.39, 0.29) is 5.41 Å². The standard InChI is InChI=1S/C10H13N3/c1-10(2,3)8-4-6-11-9-5-7-12-13(8)9/h4-7H,1-3H3. The molecule has 0 saturated carbocycles. The Bertz CT molecular complexity index is 423. The normalized spacial score (nSPS) is 12.2. The molecule has 0 unspecified atom stereocenters. The second kappa shape index (κ2) is 2.55. The highest BCUT2D eigenvalue weighted by molar-refractivity contribution is 5.38. The molecule has 2 aromatic heterocycles. The first kappa shape index (κ1) is 8.23. The quantitative estimate of drug-likeness (QED) is 0.613. The summed E-state index contributed by atoms with van der Waals surface area (Å²) in [6.07, 6.45) is 3.61. The molecule has 0 amide bonds. The third-order valence-electron chi connectivity index (χ3n) is 2.06. The molecule has 0 fully saturated rings. The maximum atomic E-state index is 4.24. The van der Waals surface area contributed by atoms with Gasteiger partial charge in [-0.25, -0.2) is 9.50 Å². The minimum Gasteiger partial charge on any atom is -0.237 e. The number of hydrogen-bond acceptors (Lipinski definition) is 2. The van der Waals surface area contributed by atoms with Crippen molar-refractivity contribution in [2.24, 2.45) is 0 Å². The molecular weight excluding hydrogens is 162 g/mol. The maximum absolute atomic E-state index is 4.24. The van der Waals surface area contributed by atoms with E-state index in [1.807, 2.05) is 22.8 Å². The average Bonchev–Trinajstić information content (AvgIpc) is 2.48. The number of hydrogen-bond donors (Lipinski definition) is 0. The van der Waals surface area contributed by atoms with Gasteiger partial charge in [0.2, 0.25) is 0 Å². The largest absolute Gasteiger partial charge is 0.237 e. The van der Waals surface area contributed by atoms with E-state index >= 15 is 0 Å². The van der Waals surface area contributed by atoms with Crippen LogP contribution in [0.5, 0.6) is 0 Å². The van der Waals surface area contributed by atoms with E-state index in [1.165, 1.54) is 5.69 Å². The molecule has 0 N–H and O–H groups in total. The molecule has 0 aromatic carbocycles. The van der Waals surface area contributed by atoms with Crippen LogP contribution in [0.15, 0.2) is 24.5 Å². The molecule has 0 spiro atoms. The van der Waals surface area contributed by atoms with Crippen molar-refractivity contribution >= 4 is 5.65 Å². The van der Waals surface area contributed by atoms with Crippen molar-refractivity contribution < 1.29 is 0 Å². The lowest BCUT2D eigenvalue weighted by atomic mass is 9.92. The van der Waals surface area contributed by atoms with E-state index in [4.69, 9.17) is 0 Å². The molecule has 3 heteroatoms. The van der Waals surface area contributed by atoms with Crippen LogP contribution in [-0.4, -0.2) is 14.6 Å². The first-order valence-corrected chi connectivity index (χ1v) is 4.38. The second-order valence-electron chi connectivity index (χ2n) is 4.18. The van der Waals surface area contributed by atoms with E-state index < -0.39 is 0 Å². The van der Waals surface area contributed by atoms with Crippen LogP contribution in [-0.2, 0) is 5.41 Å². The molecule has 2 rings (SSSR count). The van der Waals surface area contributed by atoms with Gasteiger partial charge in [0.05, 0.1) is 11.9 Å². The third kappa shape index (κ3) is 1.30. The Balaban J connectivity index is 2.75. The predicted molar refractivity (Wildman–Crippen MR) is 51.7 cm³/mol. The van der Waals surface area contributed by atoms with Gasteiger partial charge in [-0.2, -0.15) is 5.10 Å². The topological polar surface area (TPSA) is 30.2 Å². The summed E-state index contributed by atoms with van der Waals surface area (Å²) in [5, 5.41) is 4.24. The summed E-state index contributed by atoms with van der Waals surface area (Å²) in [4.78, 5) is 4.22. The Hall–Kier alpha value is -1.38. The smallest absolute Gasteiger partial charge is 0.155 e. The van der Waals surface area contributed by atoms with E-state index in [2.05, 4.69) is 30.9 Å². The fourth-order valence-corrected chi connectivity index (χ4v) is 1.40. The molecule has 0 aliphatic rings. The molecule has 2 heterocycles. The lowest BCUT2D eigenvalue weighted by molar-refractivity contribution is 0.546. The molecule has 0 bridgehead atoms. The molecular formula is C10H13N3. The van der Waals surface area contributed by atoms with Crippen molar-refractivity contribution in [1.29, 1.82) is 0 Å². The van der Waals surface area contributed by atoms with Gasteiger partial charge in [-0.1, -0.05) is 20.8 Å². The summed E-state index contributed by atoms with van der Waals surface area (Å²) in [6, 6.07) is 3.93. The average molecular weight is 175 g/mol. The molecule has 68 valence electrons. The van der Waals surface area contributed by atoms with Crippen molar-refractivity contribution in [1.82, 2.24) is 14.6 Å². The summed E-state index contributed by atoms with van der Waals surface area (Å²) in [5.41, 5.74) is 2.20. The van der Waals surface area contributed by atoms with Crippen molar-refractivity contribution in [2.75, 3.05) is 0 Å². The molecule has 13 heavy (non-hydrogen) atoms. The molecule has 2 aromatic rings. The van der Waals surface area contributed by atoms with Gasteiger partial charge in [0.25, 0.3) is 0 Å². The van der Waals surface area contributed by atoms with E-state index in [9.17, 15) is 0 Å². The van der Waals surface area contributed by atoms with E-state index in [1.54, 1.807) is 6.20 Å². The first-order chi connectivity index (χ1) is 6.09. The Labute approximate surface area is 77.4 Å². The summed E-state index contributed by atoms with van der Waals surface area (Å²) in [7, 11) is 0. The Morgan fingerprint density at radius 2 is 1.92 bits per heavy atom. The molecule has 0 aliphatic carbocycles. The number of nitrogens with zero attached hydrogens (tertiary/aromatic N) is 3. The van der Waals surface area contributed by atoms with Gasteiger partial charge in [0.15, 0.2) is 5.65 Å². The summed E-state index contributed by atoms with van der Waals surface area (Å²) < 4.78 is 1.89. The van der Waals surface area contributed by atoms with Crippen LogP contribution in [0.4, 0.5) is 0 Å². The Morgan fingerprint density at radius 3 is 2.62 bits per heavy atom. The number of fused-ring (bicyclic) bond motifs is 1. The zero-order valence-electron chi connectivity index (χ0n) is 8.15. The third-order valence-corrected chi connectivity index (χ3v) is 2.06. The van der Waals surface area contributed by atoms with Gasteiger partial charge in [0.1, 0.15) is 0 Å². The zero-order chi connectivity index (χ0) is 9.47. The summed E-state index contributed by atoms with van der Waals surface area (Å²) in [5.74, 6) is 0. The lowest BCUT2D eigenvalue weighted by Crippen LogP contribution is -2.17. The molecule has 3 nitrogen and oxygen atoms in total. The molecule has 0 atom stereocenters. The van der Waals surface area contributed by atoms with Crippen LogP contribution in [0.2, 0.25) is 0 Å². The summed E-state index contributed by atoms with van der Waals surface area (Å²) >= 11 is 0. The van der Waals surface area contributed by atoms with Crippen LogP contribution in [0.25, 0.3) is 5.65 Å². The van der Waals surface area contributed by atoms with Gasteiger partial charge >= 0.3 is 0 Å². The van der Waals surface area contributed by atoms with Gasteiger partial charge < -0.3 is 0 Å². The minimum absolute atomic E-state index is 0.104. The second-order valence-corrected chi connectivity index (χ2v) is 4.18. The Kier molecular flexibility index (Phi) is 1.62. The van der Waals surface area contributed by atoms with Crippen molar-refractivity contribution in [3.05, 3.63) is 30.2 Å². The van der Waals surface area contributed by atoms with Gasteiger partial charge in [-0.15, -0.1) is 0 Å². The highest BCUT2D eigenvalue weighted by atomic mass is 15.2. The maximum Gasteiger partial charge on any atom is 0.155 e. The minimum atomic E-state index is 0.104. The van der Waals surface area contributed by atoms with Crippen LogP contribution in [0, 0.1) is 0 Å². The van der Waals surface area contributed by atoms with Gasteiger partial charge in [-0.05, 0) is 6.07 Å². The van der Waals surface area contributed by atoms with Gasteiger partial charge in [0, 0.05) is 17.7 Å². The van der Waals surface area contributed by atoms with Crippen LogP contribution in [0.1, 0.15) is 26.5 Å². The molecule has 0 saturated heterocycles. The fraction of sp³-hybridized carbons (Fsp3) is 0.400. The van der Waals surface area contributed by atoms with Crippen molar-refractivity contribution in [3.63, 3.8) is 0 Å². The highest BCUT2D eigenvalue weighted by Gasteiger charge is 2.17. The number of aromatic nitrogens is 3. The molecule has 0 aliphatic heterocycles. The van der Waals surface area contributed by atoms with Crippen LogP contribution < -0.4 is 0 Å². The van der Waals surface area contributed by atoms with Crippen LogP contribution in [0.3, 0.4) is 0 Å². The summed E-state index contributed by atoms with van der Waals surface area (Å²) in [6.45, 7) is 6.51. The number of rotatable bonds is 0. The van der Waals surface area contributed by atoms with E-state index in [0.29, 0.717) is 0 Å². The van der Waals surface area contributed by atoms with Crippen LogP contribution >= 0.6 is 0 Å². The zero-order valence-corrected chi connectivity index (χ0v) is 8.15. The predicted octanol–water partition coefficient (Wildman–Crippen LogP) is 2.03. The highest BCUT2D eigenvalue weighted by Crippen LogP contribution is 2.21. The first-order valence-electron chi connectivity index (χ1n) is 4.38.